The van der Waals surface area contributed by atoms with Crippen LogP contribution in [0.5, 0.6) is 5.75 Å². The summed E-state index contributed by atoms with van der Waals surface area (Å²) in [5.74, 6) is -1.13. The number of nitrogens with zero attached hydrogens (tertiary/aromatic N) is 2. The van der Waals surface area contributed by atoms with Crippen LogP contribution in [0.25, 0.3) is 21.5 Å². The van der Waals surface area contributed by atoms with E-state index in [-0.39, 0.29) is 38.8 Å². The van der Waals surface area contributed by atoms with Crippen LogP contribution in [0.15, 0.2) is 111 Å². The van der Waals surface area contributed by atoms with Gasteiger partial charge in [-0.2, -0.15) is 16.8 Å². The van der Waals surface area contributed by atoms with Crippen molar-refractivity contribution in [3.05, 3.63) is 96.6 Å². The number of carbonyl (C=O) groups excluding carboxylic acids is 1. The van der Waals surface area contributed by atoms with E-state index in [0.717, 1.165) is 12.1 Å². The van der Waals surface area contributed by atoms with Crippen LogP contribution in [-0.2, 0) is 20.2 Å². The largest absolute Gasteiger partial charge is 0.505 e. The van der Waals surface area contributed by atoms with E-state index in [4.69, 9.17) is 0 Å². The number of nitrogens with one attached hydrogen (secondary N) is 1. The summed E-state index contributed by atoms with van der Waals surface area (Å²) in [6, 6.07) is 22.2. The third-order valence-electron chi connectivity index (χ3n) is 6.01. The summed E-state index contributed by atoms with van der Waals surface area (Å²) in [4.78, 5) is 11.8. The molecule has 0 aliphatic rings. The molecule has 202 valence electrons. The standard InChI is InChI=1S/C27H19N3O8S2/c31-25-21(29-30-22-13-10-16-6-4-5-9-20(16)26(22)40(36,37)38)12-11-18-14-19(39(33,34)35)15-23(24(18)25)28-27(32)17-7-2-1-3-8-17/h1-15,31H,(H,28,32)(H,33,34,35)(H,36,37,38). The topological polar surface area (TPSA) is 183 Å². The first-order chi connectivity index (χ1) is 18.9. The number of carbonyl (C=O) groups is 1. The van der Waals surface area contributed by atoms with Gasteiger partial charge >= 0.3 is 0 Å². The summed E-state index contributed by atoms with van der Waals surface area (Å²) in [6.07, 6.45) is 0. The zero-order valence-corrected chi connectivity index (χ0v) is 21.9. The van der Waals surface area contributed by atoms with Crippen molar-refractivity contribution in [3.8, 4) is 5.75 Å². The van der Waals surface area contributed by atoms with Crippen LogP contribution in [0.1, 0.15) is 10.4 Å². The smallest absolute Gasteiger partial charge is 0.297 e. The summed E-state index contributed by atoms with van der Waals surface area (Å²) in [5, 5.41) is 22.5. The monoisotopic (exact) mass is 577 g/mol. The molecule has 0 aliphatic heterocycles. The van der Waals surface area contributed by atoms with Gasteiger partial charge in [0.2, 0.25) is 0 Å². The highest BCUT2D eigenvalue weighted by atomic mass is 32.2. The molecule has 0 spiro atoms. The quantitative estimate of drug-likeness (QED) is 0.143. The minimum absolute atomic E-state index is 0.0124. The van der Waals surface area contributed by atoms with Crippen LogP contribution >= 0.6 is 0 Å². The van der Waals surface area contributed by atoms with Gasteiger partial charge in [0.05, 0.1) is 10.6 Å². The number of phenolic OH excluding ortho intramolecular Hbond substituents is 1. The Labute approximate surface area is 227 Å². The molecule has 0 saturated carbocycles. The fourth-order valence-corrected chi connectivity index (χ4v) is 5.59. The predicted octanol–water partition coefficient (Wildman–Crippen LogP) is 5.86. The maximum atomic E-state index is 12.8. The number of benzene rings is 5. The molecule has 0 saturated heterocycles. The number of hydrogen-bond acceptors (Lipinski definition) is 8. The van der Waals surface area contributed by atoms with Crippen molar-refractivity contribution in [2.45, 2.75) is 9.79 Å². The van der Waals surface area contributed by atoms with Crippen molar-refractivity contribution >= 4 is 64.8 Å². The van der Waals surface area contributed by atoms with Gasteiger partial charge in [-0.3, -0.25) is 13.9 Å². The lowest BCUT2D eigenvalue weighted by molar-refractivity contribution is 0.102. The molecule has 0 fully saturated rings. The summed E-state index contributed by atoms with van der Waals surface area (Å²) in [5.41, 5.74) is -0.244. The number of amides is 1. The molecule has 11 nitrogen and oxygen atoms in total. The Bertz CT molecular complexity index is 2060. The number of hydrogen-bond donors (Lipinski definition) is 4. The van der Waals surface area contributed by atoms with Gasteiger partial charge in [0.15, 0.2) is 5.75 Å². The summed E-state index contributed by atoms with van der Waals surface area (Å²) in [7, 11) is -9.40. The number of phenols is 1. The van der Waals surface area contributed by atoms with Gasteiger partial charge < -0.3 is 10.4 Å². The van der Waals surface area contributed by atoms with Gasteiger partial charge in [-0.05, 0) is 47.2 Å². The molecule has 5 rings (SSSR count). The first-order valence-electron chi connectivity index (χ1n) is 11.5. The van der Waals surface area contributed by atoms with E-state index in [9.17, 15) is 35.8 Å². The molecule has 4 N–H and O–H groups in total. The summed E-state index contributed by atoms with van der Waals surface area (Å²) in [6.45, 7) is 0. The zero-order chi connectivity index (χ0) is 28.7. The molecule has 0 atom stereocenters. The van der Waals surface area contributed by atoms with Crippen LogP contribution in [0.4, 0.5) is 17.1 Å². The Morgan fingerprint density at radius 1 is 0.700 bits per heavy atom. The first kappa shape index (κ1) is 26.9. The fourth-order valence-electron chi connectivity index (χ4n) is 4.21. The van der Waals surface area contributed by atoms with E-state index in [0.29, 0.717) is 5.39 Å². The minimum Gasteiger partial charge on any atom is -0.505 e. The first-order valence-corrected chi connectivity index (χ1v) is 14.4. The molecular formula is C27H19N3O8S2. The Morgan fingerprint density at radius 2 is 1.32 bits per heavy atom. The highest BCUT2D eigenvalue weighted by Crippen LogP contribution is 2.42. The van der Waals surface area contributed by atoms with Crippen LogP contribution in [0, 0.1) is 0 Å². The average molecular weight is 578 g/mol. The molecule has 0 heterocycles. The maximum absolute atomic E-state index is 12.8. The van der Waals surface area contributed by atoms with E-state index in [1.165, 1.54) is 36.4 Å². The molecular weight excluding hydrogens is 558 g/mol. The van der Waals surface area contributed by atoms with Gasteiger partial charge in [0.25, 0.3) is 26.1 Å². The summed E-state index contributed by atoms with van der Waals surface area (Å²) < 4.78 is 67.6. The van der Waals surface area contributed by atoms with E-state index in [2.05, 4.69) is 15.5 Å². The Morgan fingerprint density at radius 3 is 2.02 bits per heavy atom. The maximum Gasteiger partial charge on any atom is 0.297 e. The van der Waals surface area contributed by atoms with E-state index >= 15 is 0 Å². The number of fused-ring (bicyclic) bond motifs is 2. The highest BCUT2D eigenvalue weighted by Gasteiger charge is 2.21. The summed E-state index contributed by atoms with van der Waals surface area (Å²) >= 11 is 0. The lowest BCUT2D eigenvalue weighted by Gasteiger charge is -2.13. The molecule has 13 heteroatoms. The highest BCUT2D eigenvalue weighted by molar-refractivity contribution is 7.86. The van der Waals surface area contributed by atoms with Crippen molar-refractivity contribution in [1.82, 2.24) is 0 Å². The van der Waals surface area contributed by atoms with Gasteiger partial charge in [0, 0.05) is 16.3 Å². The number of rotatable bonds is 6. The number of anilines is 1. The molecule has 0 aliphatic carbocycles. The number of azo groups is 1. The van der Waals surface area contributed by atoms with Crippen molar-refractivity contribution in [2.24, 2.45) is 10.2 Å². The molecule has 0 radical (unpaired) electrons. The van der Waals surface area contributed by atoms with Crippen molar-refractivity contribution in [1.29, 1.82) is 0 Å². The van der Waals surface area contributed by atoms with Gasteiger partial charge in [-0.15, -0.1) is 10.2 Å². The molecule has 1 amide bonds. The van der Waals surface area contributed by atoms with E-state index < -0.39 is 41.7 Å². The fraction of sp³-hybridized carbons (Fsp3) is 0. The molecule has 0 aromatic heterocycles. The second-order valence-corrected chi connectivity index (χ2v) is 11.4. The zero-order valence-electron chi connectivity index (χ0n) is 20.3. The number of aromatic hydroxyl groups is 1. The Kier molecular flexibility index (Phi) is 6.81. The minimum atomic E-state index is -4.72. The van der Waals surface area contributed by atoms with Gasteiger partial charge in [-0.1, -0.05) is 54.6 Å². The van der Waals surface area contributed by atoms with Crippen LogP contribution in [-0.4, -0.2) is 37.0 Å². The normalized spacial score (nSPS) is 12.2. The Hall–Kier alpha value is -4.69. The van der Waals surface area contributed by atoms with Crippen molar-refractivity contribution in [2.75, 3.05) is 5.32 Å². The molecule has 40 heavy (non-hydrogen) atoms. The van der Waals surface area contributed by atoms with Gasteiger partial charge in [-0.25, -0.2) is 0 Å². The molecule has 5 aromatic carbocycles. The third kappa shape index (κ3) is 5.26. The van der Waals surface area contributed by atoms with E-state index in [1.807, 2.05) is 0 Å². The van der Waals surface area contributed by atoms with Crippen molar-refractivity contribution in [3.63, 3.8) is 0 Å². The second-order valence-electron chi connectivity index (χ2n) is 8.61. The van der Waals surface area contributed by atoms with Gasteiger partial charge in [0.1, 0.15) is 16.3 Å². The van der Waals surface area contributed by atoms with Crippen molar-refractivity contribution < 1.29 is 35.8 Å². The lowest BCUT2D eigenvalue weighted by atomic mass is 10.1. The van der Waals surface area contributed by atoms with Crippen LogP contribution in [0.2, 0.25) is 0 Å². The third-order valence-corrected chi connectivity index (χ3v) is 7.78. The lowest BCUT2D eigenvalue weighted by Crippen LogP contribution is -2.12. The molecule has 0 bridgehead atoms. The van der Waals surface area contributed by atoms with Crippen LogP contribution < -0.4 is 5.32 Å². The second kappa shape index (κ2) is 10.1. The SMILES string of the molecule is O=C(Nc1cc(S(=O)(=O)O)cc2ccc(N=Nc3ccc4ccccc4c3S(=O)(=O)O)c(O)c12)c1ccccc1. The molecule has 5 aromatic rings. The Balaban J connectivity index is 1.66. The van der Waals surface area contributed by atoms with Crippen LogP contribution in [0.3, 0.4) is 0 Å². The van der Waals surface area contributed by atoms with E-state index in [1.54, 1.807) is 42.5 Å². The average Bonchev–Trinajstić information content (AvgIpc) is 2.91. The molecule has 0 unspecified atom stereocenters. The predicted molar refractivity (Wildman–Crippen MR) is 148 cm³/mol.